The number of benzene rings is 2. The first-order valence-corrected chi connectivity index (χ1v) is 6.66. The zero-order valence-corrected chi connectivity index (χ0v) is 11.7. The molecule has 0 aliphatic carbocycles. The zero-order chi connectivity index (χ0) is 14.1. The van der Waals surface area contributed by atoms with E-state index >= 15 is 0 Å². The third-order valence-electron chi connectivity index (χ3n) is 3.17. The van der Waals surface area contributed by atoms with Crippen LogP contribution in [0.5, 0.6) is 0 Å². The second-order valence-electron chi connectivity index (χ2n) is 4.62. The summed E-state index contributed by atoms with van der Waals surface area (Å²) in [7, 11) is 0. The molecule has 0 saturated heterocycles. The maximum atomic E-state index is 11.3. The van der Waals surface area contributed by atoms with Gasteiger partial charge in [-0.05, 0) is 24.3 Å². The van der Waals surface area contributed by atoms with Crippen LogP contribution in [0.4, 0.5) is 5.69 Å². The lowest BCUT2D eigenvalue weighted by molar-refractivity contribution is -0.114. The SMILES string of the molecule is CC(=O)Nc1ccc(Cl)cc1-c1c[nH]c2ccccc12. The average molecular weight is 285 g/mol. The number of hydrogen-bond donors (Lipinski definition) is 2. The summed E-state index contributed by atoms with van der Waals surface area (Å²) < 4.78 is 0. The smallest absolute Gasteiger partial charge is 0.221 e. The number of carbonyl (C=O) groups excluding carboxylic acids is 1. The Balaban J connectivity index is 2.22. The maximum Gasteiger partial charge on any atom is 0.221 e. The number of fused-ring (bicyclic) bond motifs is 1. The second-order valence-corrected chi connectivity index (χ2v) is 5.06. The molecule has 3 nitrogen and oxygen atoms in total. The van der Waals surface area contributed by atoms with Crippen molar-refractivity contribution >= 4 is 34.1 Å². The van der Waals surface area contributed by atoms with E-state index < -0.39 is 0 Å². The lowest BCUT2D eigenvalue weighted by Gasteiger charge is -2.10. The van der Waals surface area contributed by atoms with Gasteiger partial charge in [0, 0.05) is 45.9 Å². The Morgan fingerprint density at radius 3 is 2.75 bits per heavy atom. The van der Waals surface area contributed by atoms with Gasteiger partial charge in [-0.2, -0.15) is 0 Å². The van der Waals surface area contributed by atoms with Crippen LogP contribution in [0.25, 0.3) is 22.0 Å². The van der Waals surface area contributed by atoms with Gasteiger partial charge in [0.25, 0.3) is 0 Å². The molecule has 2 aromatic carbocycles. The van der Waals surface area contributed by atoms with E-state index in [1.54, 1.807) is 6.07 Å². The van der Waals surface area contributed by atoms with Crippen LogP contribution in [-0.4, -0.2) is 10.9 Å². The Labute approximate surface area is 121 Å². The molecule has 3 aromatic rings. The van der Waals surface area contributed by atoms with Crippen LogP contribution in [-0.2, 0) is 4.79 Å². The molecule has 0 aliphatic rings. The first kappa shape index (κ1) is 12.8. The molecule has 0 bridgehead atoms. The molecule has 0 saturated carbocycles. The molecule has 3 rings (SSSR count). The number of halogens is 1. The van der Waals surface area contributed by atoms with E-state index in [9.17, 15) is 4.79 Å². The summed E-state index contributed by atoms with van der Waals surface area (Å²) in [4.78, 5) is 14.6. The number of aromatic amines is 1. The van der Waals surface area contributed by atoms with Crippen molar-refractivity contribution in [2.24, 2.45) is 0 Å². The summed E-state index contributed by atoms with van der Waals surface area (Å²) in [5.41, 5.74) is 3.74. The molecule has 0 fully saturated rings. The van der Waals surface area contributed by atoms with Crippen LogP contribution in [0.15, 0.2) is 48.7 Å². The number of aromatic nitrogens is 1. The van der Waals surface area contributed by atoms with Gasteiger partial charge in [0.1, 0.15) is 0 Å². The van der Waals surface area contributed by atoms with E-state index in [1.165, 1.54) is 6.92 Å². The van der Waals surface area contributed by atoms with E-state index in [4.69, 9.17) is 11.6 Å². The summed E-state index contributed by atoms with van der Waals surface area (Å²) >= 11 is 6.10. The number of para-hydroxylation sites is 1. The number of rotatable bonds is 2. The predicted molar refractivity (Wildman–Crippen MR) is 83.0 cm³/mol. The molecule has 0 spiro atoms. The normalized spacial score (nSPS) is 10.7. The largest absolute Gasteiger partial charge is 0.361 e. The number of amides is 1. The number of hydrogen-bond acceptors (Lipinski definition) is 1. The molecule has 1 heterocycles. The van der Waals surface area contributed by atoms with Crippen molar-refractivity contribution in [1.29, 1.82) is 0 Å². The fraction of sp³-hybridized carbons (Fsp3) is 0.0625. The monoisotopic (exact) mass is 284 g/mol. The lowest BCUT2D eigenvalue weighted by atomic mass is 10.0. The van der Waals surface area contributed by atoms with Crippen LogP contribution in [0.3, 0.4) is 0 Å². The highest BCUT2D eigenvalue weighted by Crippen LogP contribution is 2.35. The van der Waals surface area contributed by atoms with Crippen LogP contribution in [0, 0.1) is 0 Å². The van der Waals surface area contributed by atoms with Gasteiger partial charge >= 0.3 is 0 Å². The van der Waals surface area contributed by atoms with E-state index in [0.717, 1.165) is 27.7 Å². The highest BCUT2D eigenvalue weighted by molar-refractivity contribution is 6.31. The molecular formula is C16H13ClN2O. The minimum Gasteiger partial charge on any atom is -0.361 e. The Bertz CT molecular complexity index is 792. The average Bonchev–Trinajstić information content (AvgIpc) is 2.84. The first-order valence-electron chi connectivity index (χ1n) is 6.29. The quantitative estimate of drug-likeness (QED) is 0.717. The summed E-state index contributed by atoms with van der Waals surface area (Å²) in [6, 6.07) is 13.5. The van der Waals surface area contributed by atoms with E-state index in [2.05, 4.69) is 10.3 Å². The van der Waals surface area contributed by atoms with Gasteiger partial charge in [0.2, 0.25) is 5.91 Å². The van der Waals surface area contributed by atoms with Gasteiger partial charge in [-0.3, -0.25) is 4.79 Å². The minimum absolute atomic E-state index is 0.103. The van der Waals surface area contributed by atoms with Gasteiger partial charge in [0.05, 0.1) is 0 Å². The molecular weight excluding hydrogens is 272 g/mol. The van der Waals surface area contributed by atoms with E-state index in [1.807, 2.05) is 42.6 Å². The summed E-state index contributed by atoms with van der Waals surface area (Å²) in [5, 5.41) is 4.58. The van der Waals surface area contributed by atoms with Crippen molar-refractivity contribution in [2.75, 3.05) is 5.32 Å². The number of anilines is 1. The van der Waals surface area contributed by atoms with Crippen LogP contribution in [0.1, 0.15) is 6.92 Å². The van der Waals surface area contributed by atoms with Gasteiger partial charge in [-0.15, -0.1) is 0 Å². The molecule has 0 unspecified atom stereocenters. The van der Waals surface area contributed by atoms with Crippen molar-refractivity contribution in [3.05, 3.63) is 53.7 Å². The van der Waals surface area contributed by atoms with Crippen molar-refractivity contribution in [2.45, 2.75) is 6.92 Å². The zero-order valence-electron chi connectivity index (χ0n) is 10.9. The Morgan fingerprint density at radius 1 is 1.15 bits per heavy atom. The molecule has 0 radical (unpaired) electrons. The van der Waals surface area contributed by atoms with Crippen molar-refractivity contribution in [3.63, 3.8) is 0 Å². The minimum atomic E-state index is -0.103. The summed E-state index contributed by atoms with van der Waals surface area (Å²) in [6.07, 6.45) is 1.93. The first-order chi connectivity index (χ1) is 9.65. The van der Waals surface area contributed by atoms with Crippen LogP contribution < -0.4 is 5.32 Å². The highest BCUT2D eigenvalue weighted by atomic mass is 35.5. The number of H-pyrrole nitrogens is 1. The maximum absolute atomic E-state index is 11.3. The number of carbonyl (C=O) groups is 1. The molecule has 4 heteroatoms. The van der Waals surface area contributed by atoms with Crippen LogP contribution in [0.2, 0.25) is 5.02 Å². The molecule has 1 aromatic heterocycles. The Kier molecular flexibility index (Phi) is 3.20. The molecule has 20 heavy (non-hydrogen) atoms. The fourth-order valence-electron chi connectivity index (χ4n) is 2.33. The molecule has 0 aliphatic heterocycles. The highest BCUT2D eigenvalue weighted by Gasteiger charge is 2.11. The molecule has 1 amide bonds. The molecule has 0 atom stereocenters. The predicted octanol–water partition coefficient (Wildman–Crippen LogP) is 4.45. The van der Waals surface area contributed by atoms with Crippen LogP contribution >= 0.6 is 11.6 Å². The Hall–Kier alpha value is -2.26. The number of nitrogens with one attached hydrogen (secondary N) is 2. The molecule has 100 valence electrons. The van der Waals surface area contributed by atoms with E-state index in [0.29, 0.717) is 5.02 Å². The van der Waals surface area contributed by atoms with Crippen molar-refractivity contribution < 1.29 is 4.79 Å². The van der Waals surface area contributed by atoms with Gasteiger partial charge in [-0.1, -0.05) is 29.8 Å². The second kappa shape index (κ2) is 5.02. The summed E-state index contributed by atoms with van der Waals surface area (Å²) in [6.45, 7) is 1.49. The standard InChI is InChI=1S/C16H13ClN2O/c1-10(20)19-16-7-6-11(17)8-13(16)14-9-18-15-5-3-2-4-12(14)15/h2-9,18H,1H3,(H,19,20). The van der Waals surface area contributed by atoms with Crippen molar-refractivity contribution in [3.8, 4) is 11.1 Å². The topological polar surface area (TPSA) is 44.9 Å². The van der Waals surface area contributed by atoms with Crippen molar-refractivity contribution in [1.82, 2.24) is 4.98 Å². The Morgan fingerprint density at radius 2 is 1.95 bits per heavy atom. The van der Waals surface area contributed by atoms with E-state index in [-0.39, 0.29) is 5.91 Å². The third kappa shape index (κ3) is 2.28. The van der Waals surface area contributed by atoms with Gasteiger partial charge in [0.15, 0.2) is 0 Å². The summed E-state index contributed by atoms with van der Waals surface area (Å²) in [5.74, 6) is -0.103. The molecule has 2 N–H and O–H groups in total. The lowest BCUT2D eigenvalue weighted by Crippen LogP contribution is -2.06. The van der Waals surface area contributed by atoms with Gasteiger partial charge < -0.3 is 10.3 Å². The third-order valence-corrected chi connectivity index (χ3v) is 3.41. The van der Waals surface area contributed by atoms with Gasteiger partial charge in [-0.25, -0.2) is 0 Å². The fourth-order valence-corrected chi connectivity index (χ4v) is 2.50.